The molecule has 2 heterocycles. The van der Waals surface area contributed by atoms with Gasteiger partial charge in [0, 0.05) is 13.0 Å². The maximum absolute atomic E-state index is 12.8. The first-order valence-electron chi connectivity index (χ1n) is 9.23. The molecule has 0 saturated carbocycles. The summed E-state index contributed by atoms with van der Waals surface area (Å²) in [5.41, 5.74) is 6.87. The van der Waals surface area contributed by atoms with Gasteiger partial charge in [-0.3, -0.25) is 15.0 Å². The second-order valence-corrected chi connectivity index (χ2v) is 7.34. The quantitative estimate of drug-likeness (QED) is 0.833. The van der Waals surface area contributed by atoms with E-state index in [4.69, 9.17) is 0 Å². The van der Waals surface area contributed by atoms with Gasteiger partial charge in [0.25, 0.3) is 5.91 Å². The van der Waals surface area contributed by atoms with Crippen molar-refractivity contribution in [3.8, 4) is 0 Å². The van der Waals surface area contributed by atoms with E-state index < -0.39 is 12.1 Å². The van der Waals surface area contributed by atoms with Gasteiger partial charge in [-0.15, -0.1) is 0 Å². The summed E-state index contributed by atoms with van der Waals surface area (Å²) in [5, 5.41) is 0.916. The summed E-state index contributed by atoms with van der Waals surface area (Å²) in [4.78, 5) is 39.9. The number of hydrogen-bond acceptors (Lipinski definition) is 3. The minimum Gasteiger partial charge on any atom is -0.306 e. The molecule has 0 radical (unpaired) electrons. The first-order chi connectivity index (χ1) is 13.1. The highest BCUT2D eigenvalue weighted by molar-refractivity contribution is 6.06. The zero-order chi connectivity index (χ0) is 18.5. The molecule has 2 atom stereocenters. The summed E-state index contributed by atoms with van der Waals surface area (Å²) in [6.45, 7) is 0.393. The van der Waals surface area contributed by atoms with Crippen LogP contribution in [0.3, 0.4) is 0 Å². The molecular weight excluding hydrogens is 342 g/mol. The van der Waals surface area contributed by atoms with Crippen molar-refractivity contribution in [3.05, 3.63) is 70.8 Å². The average Bonchev–Trinajstić information content (AvgIpc) is 3.22. The van der Waals surface area contributed by atoms with E-state index in [0.29, 0.717) is 19.4 Å². The Labute approximate surface area is 156 Å². The topological polar surface area (TPSA) is 69.7 Å². The van der Waals surface area contributed by atoms with E-state index in [9.17, 15) is 14.4 Å². The van der Waals surface area contributed by atoms with E-state index >= 15 is 0 Å². The Balaban J connectivity index is 1.36. The fourth-order valence-electron chi connectivity index (χ4n) is 4.44. The van der Waals surface area contributed by atoms with Gasteiger partial charge in [-0.05, 0) is 35.1 Å². The molecule has 2 aromatic carbocycles. The number of carbonyl (C=O) groups excluding carboxylic acids is 3. The van der Waals surface area contributed by atoms with E-state index in [1.54, 1.807) is 4.90 Å². The molecule has 3 aliphatic rings. The lowest BCUT2D eigenvalue weighted by atomic mass is 9.95. The fraction of sp³-hybridized carbons (Fsp3) is 0.286. The predicted octanol–water partition coefficient (Wildman–Crippen LogP) is 2.14. The Morgan fingerprint density at radius 3 is 2.48 bits per heavy atom. The van der Waals surface area contributed by atoms with Crippen LogP contribution >= 0.6 is 0 Å². The van der Waals surface area contributed by atoms with Crippen LogP contribution in [-0.4, -0.2) is 33.8 Å². The number of hydrogen-bond donors (Lipinski definition) is 1. The zero-order valence-corrected chi connectivity index (χ0v) is 14.7. The largest absolute Gasteiger partial charge is 0.347 e. The molecular formula is C21H19N3O3. The van der Waals surface area contributed by atoms with Gasteiger partial charge in [-0.1, -0.05) is 48.5 Å². The Morgan fingerprint density at radius 2 is 1.67 bits per heavy atom. The van der Waals surface area contributed by atoms with Crippen LogP contribution in [0.1, 0.15) is 34.6 Å². The molecule has 5 rings (SSSR count). The van der Waals surface area contributed by atoms with Crippen LogP contribution < -0.4 is 5.43 Å². The van der Waals surface area contributed by atoms with Crippen molar-refractivity contribution in [2.75, 3.05) is 0 Å². The Morgan fingerprint density at radius 1 is 0.963 bits per heavy atom. The first-order valence-corrected chi connectivity index (χ1v) is 9.23. The van der Waals surface area contributed by atoms with Gasteiger partial charge < -0.3 is 4.90 Å². The second kappa shape index (κ2) is 5.94. The number of carbonyl (C=O) groups is 3. The molecule has 1 saturated heterocycles. The van der Waals surface area contributed by atoms with Crippen molar-refractivity contribution < 1.29 is 14.4 Å². The van der Waals surface area contributed by atoms with E-state index in [-0.39, 0.29) is 17.7 Å². The molecule has 1 aliphatic carbocycles. The van der Waals surface area contributed by atoms with E-state index in [1.165, 1.54) is 0 Å². The van der Waals surface area contributed by atoms with Gasteiger partial charge in [-0.2, -0.15) is 5.01 Å². The molecule has 1 unspecified atom stereocenters. The third kappa shape index (κ3) is 2.44. The molecule has 1 fully saturated rings. The molecule has 2 aromatic rings. The molecule has 0 bridgehead atoms. The van der Waals surface area contributed by atoms with Crippen molar-refractivity contribution in [1.29, 1.82) is 0 Å². The van der Waals surface area contributed by atoms with Crippen LogP contribution in [0.4, 0.5) is 4.79 Å². The van der Waals surface area contributed by atoms with Crippen LogP contribution in [0.2, 0.25) is 0 Å². The molecule has 0 spiro atoms. The number of benzene rings is 2. The van der Waals surface area contributed by atoms with Crippen LogP contribution in [0, 0.1) is 0 Å². The molecule has 2 aliphatic heterocycles. The zero-order valence-electron chi connectivity index (χ0n) is 14.7. The summed E-state index contributed by atoms with van der Waals surface area (Å²) in [7, 11) is 0. The first kappa shape index (κ1) is 16.1. The average molecular weight is 361 g/mol. The van der Waals surface area contributed by atoms with E-state index in [1.807, 2.05) is 48.5 Å². The highest BCUT2D eigenvalue weighted by Crippen LogP contribution is 2.34. The van der Waals surface area contributed by atoms with Gasteiger partial charge >= 0.3 is 6.03 Å². The van der Waals surface area contributed by atoms with Crippen LogP contribution in [0.25, 0.3) is 0 Å². The van der Waals surface area contributed by atoms with Crippen LogP contribution in [0.5, 0.6) is 0 Å². The Kier molecular flexibility index (Phi) is 3.53. The van der Waals surface area contributed by atoms with E-state index in [2.05, 4.69) is 5.43 Å². The standard InChI is InChI=1S/C21H19N3O3/c25-19(17-10-9-13-5-3-4-8-16(13)17)22-24-20(26)18-11-14-6-1-2-7-15(14)12-23(18)21(24)27/h1-8,17-18H,9-12H2,(H,22,25)/t17-,18?/m0/s1. The number of nitrogens with zero attached hydrogens (tertiary/aromatic N) is 2. The number of rotatable bonds is 2. The van der Waals surface area contributed by atoms with Crippen molar-refractivity contribution in [2.45, 2.75) is 37.8 Å². The highest BCUT2D eigenvalue weighted by Gasteiger charge is 2.48. The predicted molar refractivity (Wildman–Crippen MR) is 97.4 cm³/mol. The van der Waals surface area contributed by atoms with Gasteiger partial charge in [-0.25, -0.2) is 4.79 Å². The molecule has 6 heteroatoms. The van der Waals surface area contributed by atoms with Crippen molar-refractivity contribution in [3.63, 3.8) is 0 Å². The third-order valence-corrected chi connectivity index (χ3v) is 5.86. The number of aryl methyl sites for hydroxylation is 1. The molecule has 136 valence electrons. The maximum Gasteiger partial charge on any atom is 0.347 e. The number of imide groups is 1. The van der Waals surface area contributed by atoms with Gasteiger partial charge in [0.1, 0.15) is 6.04 Å². The third-order valence-electron chi connectivity index (χ3n) is 5.86. The number of nitrogens with one attached hydrogen (secondary N) is 1. The smallest absolute Gasteiger partial charge is 0.306 e. The highest BCUT2D eigenvalue weighted by atomic mass is 16.2. The SMILES string of the molecule is O=C(NN1C(=O)C2Cc3ccccc3CN2C1=O)[C@H]1CCc2ccccc21. The van der Waals surface area contributed by atoms with Gasteiger partial charge in [0.15, 0.2) is 0 Å². The van der Waals surface area contributed by atoms with Crippen LogP contribution in [-0.2, 0) is 29.0 Å². The number of hydrazine groups is 1. The number of urea groups is 1. The number of amides is 4. The lowest BCUT2D eigenvalue weighted by Gasteiger charge is -2.28. The van der Waals surface area contributed by atoms with E-state index in [0.717, 1.165) is 33.7 Å². The lowest BCUT2D eigenvalue weighted by molar-refractivity contribution is -0.137. The Hall–Kier alpha value is -3.15. The normalized spacial score (nSPS) is 23.1. The summed E-state index contributed by atoms with van der Waals surface area (Å²) in [5.74, 6) is -0.968. The van der Waals surface area contributed by atoms with Crippen molar-refractivity contribution >= 4 is 17.8 Å². The summed E-state index contributed by atoms with van der Waals surface area (Å²) in [6, 6.07) is 14.7. The summed E-state index contributed by atoms with van der Waals surface area (Å²) < 4.78 is 0. The minimum absolute atomic E-state index is 0.293. The summed E-state index contributed by atoms with van der Waals surface area (Å²) >= 11 is 0. The second-order valence-electron chi connectivity index (χ2n) is 7.34. The minimum atomic E-state index is -0.538. The maximum atomic E-state index is 12.8. The van der Waals surface area contributed by atoms with Crippen molar-refractivity contribution in [2.24, 2.45) is 0 Å². The molecule has 4 amide bonds. The molecule has 1 N–H and O–H groups in total. The van der Waals surface area contributed by atoms with Crippen molar-refractivity contribution in [1.82, 2.24) is 15.3 Å². The van der Waals surface area contributed by atoms with Gasteiger partial charge in [0.2, 0.25) is 5.91 Å². The fourth-order valence-corrected chi connectivity index (χ4v) is 4.44. The summed E-state index contributed by atoms with van der Waals surface area (Å²) in [6.07, 6.45) is 2.01. The molecule has 27 heavy (non-hydrogen) atoms. The lowest BCUT2D eigenvalue weighted by Crippen LogP contribution is -2.48. The van der Waals surface area contributed by atoms with Gasteiger partial charge in [0.05, 0.1) is 5.92 Å². The molecule has 6 nitrogen and oxygen atoms in total. The molecule has 0 aromatic heterocycles. The Bertz CT molecular complexity index is 928. The number of fused-ring (bicyclic) bond motifs is 3. The monoisotopic (exact) mass is 361 g/mol. The van der Waals surface area contributed by atoms with Crippen LogP contribution in [0.15, 0.2) is 48.5 Å².